The first kappa shape index (κ1) is 25.3. The van der Waals surface area contributed by atoms with Crippen molar-refractivity contribution in [3.8, 4) is 29.1 Å². The fourth-order valence-corrected chi connectivity index (χ4v) is 4.16. The third-order valence-electron chi connectivity index (χ3n) is 6.36. The molecule has 2 N–H and O–H groups in total. The maximum atomic E-state index is 13.2. The topological polar surface area (TPSA) is 110 Å². The minimum absolute atomic E-state index is 0.0487. The Morgan fingerprint density at radius 3 is 2.71 bits per heavy atom. The number of para-hydroxylation sites is 1. The van der Waals surface area contributed by atoms with E-state index in [1.165, 1.54) is 17.2 Å². The summed E-state index contributed by atoms with van der Waals surface area (Å²) in [5.74, 6) is 6.65. The van der Waals surface area contributed by atoms with Gasteiger partial charge in [0, 0.05) is 37.7 Å². The van der Waals surface area contributed by atoms with E-state index in [0.29, 0.717) is 54.6 Å². The number of rotatable bonds is 4. The average molecular weight is 514 g/mol. The van der Waals surface area contributed by atoms with Crippen molar-refractivity contribution in [2.45, 2.75) is 24.5 Å². The Hall–Kier alpha value is -4.39. The zero-order valence-corrected chi connectivity index (χ0v) is 20.8. The smallest absolute Gasteiger partial charge is 0.270 e. The van der Waals surface area contributed by atoms with Crippen LogP contribution in [0.1, 0.15) is 28.9 Å². The third kappa shape index (κ3) is 5.78. The molecule has 2 aromatic carbocycles. The molecule has 2 aliphatic rings. The van der Waals surface area contributed by atoms with Crippen molar-refractivity contribution in [2.24, 2.45) is 0 Å². The number of hydrogen-bond donors (Lipinski definition) is 2. The largest absolute Gasteiger partial charge is 0.489 e. The molecule has 0 aliphatic carbocycles. The van der Waals surface area contributed by atoms with Crippen molar-refractivity contribution < 1.29 is 28.9 Å². The second-order valence-corrected chi connectivity index (χ2v) is 9.10. The highest BCUT2D eigenvalue weighted by atomic mass is 16.5. The summed E-state index contributed by atoms with van der Waals surface area (Å²) in [4.78, 5) is 31.8. The Labute approximate surface area is 220 Å². The van der Waals surface area contributed by atoms with Crippen LogP contribution in [-0.4, -0.2) is 60.4 Å². The minimum Gasteiger partial charge on any atom is -0.489 e. The Balaban J connectivity index is 1.28. The Bertz CT molecular complexity index is 1390. The summed E-state index contributed by atoms with van der Waals surface area (Å²) in [7, 11) is 1.62. The monoisotopic (exact) mass is 513 g/mol. The van der Waals surface area contributed by atoms with Gasteiger partial charge in [0.2, 0.25) is 0 Å². The number of carbonyl (C=O) groups is 2. The quantitative estimate of drug-likeness (QED) is 0.516. The minimum atomic E-state index is -1.09. The Morgan fingerprint density at radius 1 is 1.13 bits per heavy atom. The predicted octanol–water partition coefficient (Wildman–Crippen LogP) is 2.92. The SMILES string of the molecule is CN1C(=O)[C@@H](NC(=O)c2cc(Oc3ccccc3)ccn2)COc2ccc(C#CC3(O)CCOCC3)cc21. The van der Waals surface area contributed by atoms with Gasteiger partial charge >= 0.3 is 0 Å². The molecule has 5 rings (SSSR count). The van der Waals surface area contributed by atoms with Crippen molar-refractivity contribution in [3.63, 3.8) is 0 Å². The first-order valence-electron chi connectivity index (χ1n) is 12.3. The standard InChI is InChI=1S/C29H27N3O6/c1-32-25-17-20(9-11-29(35)12-15-36-16-13-29)7-8-26(25)37-19-24(28(32)34)31-27(33)23-18-22(10-14-30-23)38-21-5-3-2-4-6-21/h2-8,10,14,17-18,24,35H,12-13,15-16,19H2,1H3,(H,31,33)/t24-/m0/s1. The molecule has 0 radical (unpaired) electrons. The second-order valence-electron chi connectivity index (χ2n) is 9.10. The molecule has 38 heavy (non-hydrogen) atoms. The molecular formula is C29H27N3O6. The number of aromatic nitrogens is 1. The number of aliphatic hydroxyl groups is 1. The highest BCUT2D eigenvalue weighted by molar-refractivity contribution is 6.03. The second kappa shape index (κ2) is 10.9. The number of ether oxygens (including phenoxy) is 3. The van der Waals surface area contributed by atoms with Gasteiger partial charge in [-0.1, -0.05) is 30.0 Å². The first-order valence-corrected chi connectivity index (χ1v) is 12.3. The molecule has 9 nitrogen and oxygen atoms in total. The molecule has 9 heteroatoms. The first-order chi connectivity index (χ1) is 18.4. The third-order valence-corrected chi connectivity index (χ3v) is 6.36. The normalized spacial score (nSPS) is 18.2. The van der Waals surface area contributed by atoms with Crippen molar-refractivity contribution in [1.82, 2.24) is 10.3 Å². The average Bonchev–Trinajstić information content (AvgIpc) is 3.05. The number of amides is 2. The van der Waals surface area contributed by atoms with Gasteiger partial charge in [0.1, 0.15) is 41.2 Å². The van der Waals surface area contributed by atoms with Gasteiger partial charge < -0.3 is 29.5 Å². The van der Waals surface area contributed by atoms with Crippen molar-refractivity contribution in [2.75, 3.05) is 31.8 Å². The summed E-state index contributed by atoms with van der Waals surface area (Å²) in [6.07, 6.45) is 2.37. The van der Waals surface area contributed by atoms with Gasteiger partial charge in [-0.15, -0.1) is 0 Å². The Morgan fingerprint density at radius 2 is 1.92 bits per heavy atom. The summed E-state index contributed by atoms with van der Waals surface area (Å²) >= 11 is 0. The summed E-state index contributed by atoms with van der Waals surface area (Å²) in [5.41, 5.74) is 0.179. The van der Waals surface area contributed by atoms with Crippen LogP contribution in [0.4, 0.5) is 5.69 Å². The van der Waals surface area contributed by atoms with E-state index >= 15 is 0 Å². The lowest BCUT2D eigenvalue weighted by atomic mass is 9.95. The van der Waals surface area contributed by atoms with Gasteiger partial charge in [-0.05, 0) is 36.4 Å². The molecule has 3 aromatic rings. The van der Waals surface area contributed by atoms with Crippen LogP contribution in [0.15, 0.2) is 66.9 Å². The van der Waals surface area contributed by atoms with Crippen LogP contribution < -0.4 is 19.7 Å². The van der Waals surface area contributed by atoms with E-state index in [4.69, 9.17) is 14.2 Å². The molecule has 194 valence electrons. The van der Waals surface area contributed by atoms with Crippen LogP contribution in [0.2, 0.25) is 0 Å². The number of hydrogen-bond acceptors (Lipinski definition) is 7. The molecule has 1 aromatic heterocycles. The van der Waals surface area contributed by atoms with E-state index in [-0.39, 0.29) is 18.2 Å². The highest BCUT2D eigenvalue weighted by Gasteiger charge is 2.31. The lowest BCUT2D eigenvalue weighted by molar-refractivity contribution is -0.120. The summed E-state index contributed by atoms with van der Waals surface area (Å²) < 4.78 is 17.0. The molecule has 1 fully saturated rings. The lowest BCUT2D eigenvalue weighted by Gasteiger charge is -2.26. The van der Waals surface area contributed by atoms with E-state index in [2.05, 4.69) is 22.1 Å². The van der Waals surface area contributed by atoms with E-state index in [9.17, 15) is 14.7 Å². The van der Waals surface area contributed by atoms with Gasteiger partial charge in [0.15, 0.2) is 0 Å². The molecule has 0 bridgehead atoms. The number of fused-ring (bicyclic) bond motifs is 1. The fraction of sp³-hybridized carbons (Fsp3) is 0.276. The highest BCUT2D eigenvalue weighted by Crippen LogP contribution is 2.32. The van der Waals surface area contributed by atoms with E-state index in [1.807, 2.05) is 18.2 Å². The van der Waals surface area contributed by atoms with E-state index in [1.54, 1.807) is 43.4 Å². The van der Waals surface area contributed by atoms with Crippen LogP contribution >= 0.6 is 0 Å². The number of pyridine rings is 1. The van der Waals surface area contributed by atoms with Gasteiger partial charge in [0.25, 0.3) is 11.8 Å². The molecule has 0 spiro atoms. The number of carbonyl (C=O) groups excluding carboxylic acids is 2. The van der Waals surface area contributed by atoms with Crippen molar-refractivity contribution >= 4 is 17.5 Å². The zero-order valence-electron chi connectivity index (χ0n) is 20.8. The molecule has 2 aliphatic heterocycles. The molecule has 3 heterocycles. The number of nitrogens with zero attached hydrogens (tertiary/aromatic N) is 2. The number of anilines is 1. The number of likely N-dealkylation sites (N-methyl/N-ethyl adjacent to an activating group) is 1. The molecule has 1 atom stereocenters. The maximum Gasteiger partial charge on any atom is 0.270 e. The molecule has 2 amide bonds. The fourth-order valence-electron chi connectivity index (χ4n) is 4.16. The zero-order chi connectivity index (χ0) is 26.5. The molecule has 0 saturated carbocycles. The summed E-state index contributed by atoms with van der Waals surface area (Å²) in [6, 6.07) is 16.7. The predicted molar refractivity (Wildman–Crippen MR) is 139 cm³/mol. The van der Waals surface area contributed by atoms with Crippen LogP contribution in [0.3, 0.4) is 0 Å². The van der Waals surface area contributed by atoms with Crippen LogP contribution in [0, 0.1) is 11.8 Å². The lowest BCUT2D eigenvalue weighted by Crippen LogP contribution is -2.49. The van der Waals surface area contributed by atoms with Gasteiger partial charge in [-0.3, -0.25) is 14.6 Å². The van der Waals surface area contributed by atoms with Gasteiger partial charge in [-0.25, -0.2) is 0 Å². The Kier molecular flexibility index (Phi) is 7.26. The van der Waals surface area contributed by atoms with Gasteiger partial charge in [0.05, 0.1) is 18.9 Å². The summed E-state index contributed by atoms with van der Waals surface area (Å²) in [6.45, 7) is 0.883. The molecule has 1 saturated heterocycles. The van der Waals surface area contributed by atoms with Crippen molar-refractivity contribution in [1.29, 1.82) is 0 Å². The van der Waals surface area contributed by atoms with Crippen molar-refractivity contribution in [3.05, 3.63) is 78.1 Å². The van der Waals surface area contributed by atoms with E-state index < -0.39 is 17.6 Å². The number of benzene rings is 2. The van der Waals surface area contributed by atoms with Crippen LogP contribution in [-0.2, 0) is 9.53 Å². The van der Waals surface area contributed by atoms with E-state index in [0.717, 1.165) is 0 Å². The summed E-state index contributed by atoms with van der Waals surface area (Å²) in [5, 5.41) is 13.3. The maximum absolute atomic E-state index is 13.2. The molecular weight excluding hydrogens is 486 g/mol. The van der Waals surface area contributed by atoms with Crippen LogP contribution in [0.5, 0.6) is 17.2 Å². The molecule has 0 unspecified atom stereocenters. The van der Waals surface area contributed by atoms with Crippen LogP contribution in [0.25, 0.3) is 0 Å². The van der Waals surface area contributed by atoms with Gasteiger partial charge in [-0.2, -0.15) is 0 Å². The number of nitrogens with one attached hydrogen (secondary N) is 1.